The van der Waals surface area contributed by atoms with E-state index in [-0.39, 0.29) is 28.8 Å². The molecule has 4 aromatic rings. The van der Waals surface area contributed by atoms with Gasteiger partial charge in [-0.15, -0.1) is 0 Å². The van der Waals surface area contributed by atoms with Gasteiger partial charge in [-0.25, -0.2) is 18.7 Å². The number of nitrogens with zero attached hydrogens (tertiary/aromatic N) is 5. The number of rotatable bonds is 4. The second-order valence-corrected chi connectivity index (χ2v) is 10.3. The van der Waals surface area contributed by atoms with Crippen LogP contribution in [-0.2, 0) is 18.4 Å². The molecule has 3 aromatic heterocycles. The number of fused-ring (bicyclic) bond motifs is 2. The fraction of sp³-hybridized carbons (Fsp3) is 0.385. The average molecular weight is 476 g/mol. The van der Waals surface area contributed by atoms with E-state index in [0.29, 0.717) is 23.3 Å². The van der Waals surface area contributed by atoms with Crippen LogP contribution in [0.15, 0.2) is 41.5 Å². The van der Waals surface area contributed by atoms with E-state index >= 15 is 0 Å². The summed E-state index contributed by atoms with van der Waals surface area (Å²) in [4.78, 5) is 26.8. The van der Waals surface area contributed by atoms with E-state index in [1.807, 2.05) is 26.0 Å². The number of anilines is 2. The van der Waals surface area contributed by atoms with Crippen molar-refractivity contribution in [3.8, 4) is 5.69 Å². The van der Waals surface area contributed by atoms with E-state index < -0.39 is 0 Å². The lowest BCUT2D eigenvalue weighted by molar-refractivity contribution is 0.474. The Morgan fingerprint density at radius 3 is 2.69 bits per heavy atom. The maximum absolute atomic E-state index is 14.8. The van der Waals surface area contributed by atoms with Gasteiger partial charge >= 0.3 is 0 Å². The fourth-order valence-electron chi connectivity index (χ4n) is 4.45. The fourth-order valence-corrected chi connectivity index (χ4v) is 4.45. The Balaban J connectivity index is 1.65. The molecule has 0 spiro atoms. The standard InChI is InChI=1S/C26H30FN7O/c1-15(2)33-24(35)19-14-30-25(31-21-11-17-13-28-8-6-16(17)10-20(21)27)32-23(19)34(33)18-7-9-29-22(12-18)26(3,4)5/h7,9-12,14-15,28H,6,8,13H2,1-5H3,(H,30,31,32). The van der Waals surface area contributed by atoms with E-state index in [2.05, 4.69) is 46.4 Å². The minimum atomic E-state index is -0.351. The zero-order chi connectivity index (χ0) is 24.9. The van der Waals surface area contributed by atoms with Gasteiger partial charge in [0.25, 0.3) is 5.56 Å². The summed E-state index contributed by atoms with van der Waals surface area (Å²) in [6.07, 6.45) is 4.05. The second kappa shape index (κ2) is 8.57. The van der Waals surface area contributed by atoms with Gasteiger partial charge in [0.15, 0.2) is 5.65 Å². The monoisotopic (exact) mass is 475 g/mol. The number of pyridine rings is 1. The van der Waals surface area contributed by atoms with Crippen LogP contribution in [0.5, 0.6) is 0 Å². The summed E-state index contributed by atoms with van der Waals surface area (Å²) in [5.41, 5.74) is 4.16. The van der Waals surface area contributed by atoms with E-state index in [1.54, 1.807) is 27.7 Å². The lowest BCUT2D eigenvalue weighted by Gasteiger charge is -2.20. The molecule has 0 atom stereocenters. The molecule has 4 heterocycles. The minimum absolute atomic E-state index is 0.120. The van der Waals surface area contributed by atoms with Gasteiger partial charge in [-0.3, -0.25) is 9.78 Å². The first-order valence-corrected chi connectivity index (χ1v) is 11.9. The Kier molecular flexibility index (Phi) is 5.67. The number of hydrogen-bond acceptors (Lipinski definition) is 6. The first-order valence-electron chi connectivity index (χ1n) is 11.9. The van der Waals surface area contributed by atoms with Crippen molar-refractivity contribution in [3.05, 3.63) is 69.7 Å². The molecule has 0 radical (unpaired) electrons. The topological polar surface area (TPSA) is 89.7 Å². The van der Waals surface area contributed by atoms with E-state index in [1.165, 1.54) is 6.20 Å². The summed E-state index contributed by atoms with van der Waals surface area (Å²) in [5.74, 6) is -0.129. The molecule has 0 aliphatic carbocycles. The highest BCUT2D eigenvalue weighted by Gasteiger charge is 2.22. The zero-order valence-electron chi connectivity index (χ0n) is 20.7. The summed E-state index contributed by atoms with van der Waals surface area (Å²) < 4.78 is 18.3. The molecule has 2 N–H and O–H groups in total. The minimum Gasteiger partial charge on any atom is -0.322 e. The lowest BCUT2D eigenvalue weighted by atomic mass is 9.91. The summed E-state index contributed by atoms with van der Waals surface area (Å²) >= 11 is 0. The molecule has 1 aliphatic rings. The molecular formula is C26H30FN7O. The van der Waals surface area contributed by atoms with Crippen LogP contribution in [0.4, 0.5) is 16.0 Å². The third-order valence-electron chi connectivity index (χ3n) is 6.29. The maximum atomic E-state index is 14.8. The maximum Gasteiger partial charge on any atom is 0.278 e. The molecule has 1 aliphatic heterocycles. The largest absolute Gasteiger partial charge is 0.322 e. The van der Waals surface area contributed by atoms with Crippen molar-refractivity contribution in [1.82, 2.24) is 29.6 Å². The van der Waals surface area contributed by atoms with Crippen molar-refractivity contribution in [3.63, 3.8) is 0 Å². The van der Waals surface area contributed by atoms with Crippen molar-refractivity contribution in [2.24, 2.45) is 0 Å². The Morgan fingerprint density at radius 1 is 1.14 bits per heavy atom. The highest BCUT2D eigenvalue weighted by molar-refractivity contribution is 5.77. The summed E-state index contributed by atoms with van der Waals surface area (Å²) in [6.45, 7) is 11.7. The van der Waals surface area contributed by atoms with Crippen molar-refractivity contribution in [1.29, 1.82) is 0 Å². The number of aromatic nitrogens is 5. The molecule has 9 heteroatoms. The van der Waals surface area contributed by atoms with Gasteiger partial charge in [-0.05, 0) is 62.2 Å². The quantitative estimate of drug-likeness (QED) is 0.455. The average Bonchev–Trinajstić information content (AvgIpc) is 3.11. The molecule has 8 nitrogen and oxygen atoms in total. The molecule has 0 unspecified atom stereocenters. The van der Waals surface area contributed by atoms with Crippen molar-refractivity contribution < 1.29 is 4.39 Å². The van der Waals surface area contributed by atoms with E-state index in [0.717, 1.165) is 35.5 Å². The third kappa shape index (κ3) is 4.20. The molecule has 0 bridgehead atoms. The molecule has 5 rings (SSSR count). The van der Waals surface area contributed by atoms with Crippen molar-refractivity contribution in [2.75, 3.05) is 11.9 Å². The molecule has 0 saturated carbocycles. The predicted molar refractivity (Wildman–Crippen MR) is 135 cm³/mol. The van der Waals surface area contributed by atoms with Crippen LogP contribution in [0.3, 0.4) is 0 Å². The van der Waals surface area contributed by atoms with Crippen LogP contribution < -0.4 is 16.2 Å². The highest BCUT2D eigenvalue weighted by Crippen LogP contribution is 2.27. The van der Waals surface area contributed by atoms with Gasteiger partial charge in [0.05, 0.1) is 11.4 Å². The Morgan fingerprint density at radius 2 is 1.94 bits per heavy atom. The van der Waals surface area contributed by atoms with E-state index in [9.17, 15) is 9.18 Å². The number of benzene rings is 1. The molecule has 0 saturated heterocycles. The van der Waals surface area contributed by atoms with Crippen LogP contribution in [-0.4, -0.2) is 30.9 Å². The van der Waals surface area contributed by atoms with Gasteiger partial charge in [-0.1, -0.05) is 20.8 Å². The smallest absolute Gasteiger partial charge is 0.278 e. The summed E-state index contributed by atoms with van der Waals surface area (Å²) in [5, 5.41) is 6.73. The highest BCUT2D eigenvalue weighted by atomic mass is 19.1. The van der Waals surface area contributed by atoms with Crippen LogP contribution in [0.1, 0.15) is 57.5 Å². The number of halogens is 1. The zero-order valence-corrected chi connectivity index (χ0v) is 20.7. The third-order valence-corrected chi connectivity index (χ3v) is 6.29. The molecular weight excluding hydrogens is 445 g/mol. The summed E-state index contributed by atoms with van der Waals surface area (Å²) in [6, 6.07) is 7.09. The summed E-state index contributed by atoms with van der Waals surface area (Å²) in [7, 11) is 0. The van der Waals surface area contributed by atoms with Gasteiger partial charge in [0, 0.05) is 36.1 Å². The van der Waals surface area contributed by atoms with Crippen molar-refractivity contribution >= 4 is 22.7 Å². The van der Waals surface area contributed by atoms with E-state index in [4.69, 9.17) is 0 Å². The van der Waals surface area contributed by atoms with Gasteiger partial charge < -0.3 is 10.6 Å². The molecule has 182 valence electrons. The van der Waals surface area contributed by atoms with Crippen molar-refractivity contribution in [2.45, 2.75) is 59.0 Å². The van der Waals surface area contributed by atoms with Crippen LogP contribution in [0.25, 0.3) is 16.7 Å². The SMILES string of the molecule is CC(C)n1c(=O)c2cnc(Nc3cc4c(cc3F)CCNC4)nc2n1-c1ccnc(C(C)(C)C)c1. The molecule has 1 aromatic carbocycles. The number of nitrogens with one attached hydrogen (secondary N) is 2. The molecule has 0 amide bonds. The van der Waals surface area contributed by atoms with Gasteiger partial charge in [-0.2, -0.15) is 4.98 Å². The Labute approximate surface area is 203 Å². The van der Waals surface area contributed by atoms with Gasteiger partial charge in [0.2, 0.25) is 5.95 Å². The first-order chi connectivity index (χ1) is 16.6. The lowest BCUT2D eigenvalue weighted by Crippen LogP contribution is -2.24. The first kappa shape index (κ1) is 23.2. The molecule has 0 fully saturated rings. The number of hydrogen-bond donors (Lipinski definition) is 2. The normalized spacial score (nSPS) is 13.9. The Bertz CT molecular complexity index is 1480. The van der Waals surface area contributed by atoms with Crippen LogP contribution in [0, 0.1) is 5.82 Å². The molecule has 35 heavy (non-hydrogen) atoms. The van der Waals surface area contributed by atoms with Crippen LogP contribution >= 0.6 is 0 Å². The van der Waals surface area contributed by atoms with Gasteiger partial charge in [0.1, 0.15) is 11.2 Å². The Hall–Kier alpha value is -3.59. The van der Waals surface area contributed by atoms with Crippen LogP contribution in [0.2, 0.25) is 0 Å². The predicted octanol–water partition coefficient (Wildman–Crippen LogP) is 4.38. The second-order valence-electron chi connectivity index (χ2n) is 10.3.